The van der Waals surface area contributed by atoms with Gasteiger partial charge in [-0.2, -0.15) is 0 Å². The summed E-state index contributed by atoms with van der Waals surface area (Å²) in [5.74, 6) is 1.16. The maximum atomic E-state index is 4.97. The van der Waals surface area contributed by atoms with Crippen molar-refractivity contribution in [2.45, 2.75) is 46.7 Å². The van der Waals surface area contributed by atoms with Gasteiger partial charge in [0.2, 0.25) is 0 Å². The highest BCUT2D eigenvalue weighted by molar-refractivity contribution is 6.00. The maximum absolute atomic E-state index is 4.97. The van der Waals surface area contributed by atoms with E-state index in [2.05, 4.69) is 69.9 Å². The van der Waals surface area contributed by atoms with Crippen LogP contribution in [0, 0.1) is 5.41 Å². The molecule has 1 atom stereocenters. The molecule has 0 radical (unpaired) electrons. The lowest BCUT2D eigenvalue weighted by atomic mass is 9.87. The van der Waals surface area contributed by atoms with Crippen molar-refractivity contribution in [3.63, 3.8) is 0 Å². The van der Waals surface area contributed by atoms with Crippen LogP contribution >= 0.6 is 0 Å². The lowest BCUT2D eigenvalue weighted by Crippen LogP contribution is -2.38. The number of aliphatic imine (C=N–C) groups is 1. The maximum Gasteiger partial charge on any atom is 0.131 e. The Morgan fingerprint density at radius 1 is 1.17 bits per heavy atom. The molecule has 0 saturated carbocycles. The fourth-order valence-electron chi connectivity index (χ4n) is 2.29. The largest absolute Gasteiger partial charge is 0.352 e. The Bertz CT molecular complexity index is 426. The smallest absolute Gasteiger partial charge is 0.131 e. The molecule has 0 aliphatic carbocycles. The third-order valence-corrected chi connectivity index (χ3v) is 3.57. The fraction of sp³-hybridized carbons (Fsp3) is 0.562. The molecular formula is C16H24N2. The predicted octanol–water partition coefficient (Wildman–Crippen LogP) is 3.57. The van der Waals surface area contributed by atoms with E-state index in [0.717, 1.165) is 12.4 Å². The summed E-state index contributed by atoms with van der Waals surface area (Å²) in [4.78, 5) is 7.40. The molecule has 2 heteroatoms. The van der Waals surface area contributed by atoms with E-state index in [0.29, 0.717) is 12.1 Å². The van der Waals surface area contributed by atoms with Crippen LogP contribution in [-0.4, -0.2) is 29.4 Å². The van der Waals surface area contributed by atoms with Crippen molar-refractivity contribution < 1.29 is 0 Å². The summed E-state index contributed by atoms with van der Waals surface area (Å²) in [6.07, 6.45) is 0. The molecule has 0 aromatic heterocycles. The topological polar surface area (TPSA) is 15.6 Å². The van der Waals surface area contributed by atoms with Gasteiger partial charge in [-0.3, -0.25) is 4.99 Å². The standard InChI is InChI=1S/C16H24N2/c1-12(2)18-11-14(16(3,4)5)17-15(18)13-9-7-6-8-10-13/h6-10,12,14H,11H2,1-5H3/t14-/m1/s1. The van der Waals surface area contributed by atoms with E-state index in [1.807, 2.05) is 0 Å². The van der Waals surface area contributed by atoms with Crippen LogP contribution < -0.4 is 0 Å². The Balaban J connectivity index is 2.35. The molecule has 98 valence electrons. The quantitative estimate of drug-likeness (QED) is 0.776. The molecule has 1 heterocycles. The second kappa shape index (κ2) is 4.75. The first kappa shape index (κ1) is 13.1. The van der Waals surface area contributed by atoms with Crippen molar-refractivity contribution in [1.82, 2.24) is 4.90 Å². The molecule has 0 fully saturated rings. The van der Waals surface area contributed by atoms with E-state index in [9.17, 15) is 0 Å². The zero-order valence-electron chi connectivity index (χ0n) is 12.1. The van der Waals surface area contributed by atoms with Gasteiger partial charge in [-0.1, -0.05) is 51.1 Å². The third kappa shape index (κ3) is 2.58. The SMILES string of the molecule is CC(C)N1C[C@H](C(C)(C)C)N=C1c1ccccc1. The Kier molecular flexibility index (Phi) is 3.47. The van der Waals surface area contributed by atoms with E-state index in [4.69, 9.17) is 4.99 Å². The Morgan fingerprint density at radius 2 is 1.78 bits per heavy atom. The van der Waals surface area contributed by atoms with E-state index in [-0.39, 0.29) is 5.41 Å². The van der Waals surface area contributed by atoms with Crippen LogP contribution in [0.15, 0.2) is 35.3 Å². The van der Waals surface area contributed by atoms with E-state index in [1.54, 1.807) is 0 Å². The van der Waals surface area contributed by atoms with Gasteiger partial charge in [0.05, 0.1) is 6.04 Å². The fourth-order valence-corrected chi connectivity index (χ4v) is 2.29. The highest BCUT2D eigenvalue weighted by Crippen LogP contribution is 2.29. The molecular weight excluding hydrogens is 220 g/mol. The lowest BCUT2D eigenvalue weighted by molar-refractivity contribution is 0.269. The third-order valence-electron chi connectivity index (χ3n) is 3.57. The Hall–Kier alpha value is -1.31. The van der Waals surface area contributed by atoms with Gasteiger partial charge in [0, 0.05) is 18.2 Å². The van der Waals surface area contributed by atoms with E-state index in [1.165, 1.54) is 5.56 Å². The summed E-state index contributed by atoms with van der Waals surface area (Å²) in [5.41, 5.74) is 1.46. The predicted molar refractivity (Wildman–Crippen MR) is 78.1 cm³/mol. The van der Waals surface area contributed by atoms with Crippen molar-refractivity contribution in [3.05, 3.63) is 35.9 Å². The molecule has 0 N–H and O–H groups in total. The van der Waals surface area contributed by atoms with Gasteiger partial charge >= 0.3 is 0 Å². The van der Waals surface area contributed by atoms with Crippen molar-refractivity contribution >= 4 is 5.84 Å². The summed E-state index contributed by atoms with van der Waals surface area (Å²) in [6.45, 7) is 12.3. The zero-order chi connectivity index (χ0) is 13.3. The van der Waals surface area contributed by atoms with E-state index >= 15 is 0 Å². The van der Waals surface area contributed by atoms with Crippen molar-refractivity contribution in [2.75, 3.05) is 6.54 Å². The number of amidine groups is 1. The van der Waals surface area contributed by atoms with Gasteiger partial charge in [0.1, 0.15) is 5.84 Å². The van der Waals surface area contributed by atoms with Gasteiger partial charge in [0.15, 0.2) is 0 Å². The number of hydrogen-bond acceptors (Lipinski definition) is 2. The number of hydrogen-bond donors (Lipinski definition) is 0. The van der Waals surface area contributed by atoms with Crippen LogP contribution in [0.5, 0.6) is 0 Å². The molecule has 0 amide bonds. The molecule has 0 saturated heterocycles. The second-order valence-electron chi connectivity index (χ2n) is 6.45. The monoisotopic (exact) mass is 244 g/mol. The Morgan fingerprint density at radius 3 is 2.28 bits per heavy atom. The van der Waals surface area contributed by atoms with Crippen molar-refractivity contribution in [1.29, 1.82) is 0 Å². The van der Waals surface area contributed by atoms with Crippen LogP contribution in [0.25, 0.3) is 0 Å². The van der Waals surface area contributed by atoms with Crippen molar-refractivity contribution in [3.8, 4) is 0 Å². The molecule has 1 aromatic rings. The normalized spacial score (nSPS) is 20.4. The molecule has 18 heavy (non-hydrogen) atoms. The van der Waals surface area contributed by atoms with Gasteiger partial charge in [0.25, 0.3) is 0 Å². The molecule has 0 spiro atoms. The van der Waals surface area contributed by atoms with Gasteiger partial charge in [-0.05, 0) is 19.3 Å². The summed E-state index contributed by atoms with van der Waals surface area (Å²) in [5, 5.41) is 0. The summed E-state index contributed by atoms with van der Waals surface area (Å²) in [7, 11) is 0. The summed E-state index contributed by atoms with van der Waals surface area (Å²) in [6, 6.07) is 11.4. The van der Waals surface area contributed by atoms with Crippen LogP contribution in [0.3, 0.4) is 0 Å². The summed E-state index contributed by atoms with van der Waals surface area (Å²) >= 11 is 0. The lowest BCUT2D eigenvalue weighted by Gasteiger charge is -2.28. The second-order valence-corrected chi connectivity index (χ2v) is 6.45. The first-order chi connectivity index (χ1) is 8.39. The minimum atomic E-state index is 0.226. The molecule has 0 unspecified atom stereocenters. The van der Waals surface area contributed by atoms with Gasteiger partial charge < -0.3 is 4.90 Å². The van der Waals surface area contributed by atoms with Crippen molar-refractivity contribution in [2.24, 2.45) is 10.4 Å². The minimum absolute atomic E-state index is 0.226. The molecule has 1 aliphatic heterocycles. The molecule has 2 nitrogen and oxygen atoms in total. The summed E-state index contributed by atoms with van der Waals surface area (Å²) < 4.78 is 0. The highest BCUT2D eigenvalue weighted by Gasteiger charge is 2.34. The number of benzene rings is 1. The van der Waals surface area contributed by atoms with Crippen LogP contribution in [0.4, 0.5) is 0 Å². The van der Waals surface area contributed by atoms with E-state index < -0.39 is 0 Å². The van der Waals surface area contributed by atoms with Gasteiger partial charge in [-0.25, -0.2) is 0 Å². The molecule has 1 aliphatic rings. The van der Waals surface area contributed by atoms with Gasteiger partial charge in [-0.15, -0.1) is 0 Å². The number of rotatable bonds is 2. The highest BCUT2D eigenvalue weighted by atomic mass is 15.3. The number of nitrogens with zero attached hydrogens (tertiary/aromatic N) is 2. The van der Waals surface area contributed by atoms with Crippen LogP contribution in [-0.2, 0) is 0 Å². The van der Waals surface area contributed by atoms with Crippen LogP contribution in [0.1, 0.15) is 40.2 Å². The molecule has 1 aromatic carbocycles. The molecule has 2 rings (SSSR count). The average Bonchev–Trinajstić information content (AvgIpc) is 2.74. The molecule has 0 bridgehead atoms. The first-order valence-corrected chi connectivity index (χ1v) is 6.79. The zero-order valence-corrected chi connectivity index (χ0v) is 12.1. The van der Waals surface area contributed by atoms with Crippen LogP contribution in [0.2, 0.25) is 0 Å². The Labute approximate surface area is 111 Å². The minimum Gasteiger partial charge on any atom is -0.352 e. The average molecular weight is 244 g/mol. The first-order valence-electron chi connectivity index (χ1n) is 6.79.